The fraction of sp³-hybridized carbons (Fsp3) is 0.381. The third kappa shape index (κ3) is 4.93. The van der Waals surface area contributed by atoms with Crippen LogP contribution in [0.25, 0.3) is 0 Å². The van der Waals surface area contributed by atoms with E-state index in [0.717, 1.165) is 61.2 Å². The Morgan fingerprint density at radius 3 is 2.67 bits per heavy atom. The number of nitrogen functional groups attached to an aromatic ring is 1. The van der Waals surface area contributed by atoms with Gasteiger partial charge in [0, 0.05) is 56.3 Å². The van der Waals surface area contributed by atoms with E-state index in [9.17, 15) is 0 Å². The molecule has 0 unspecified atom stereocenters. The zero-order valence-electron chi connectivity index (χ0n) is 15.7. The lowest BCUT2D eigenvalue weighted by Crippen LogP contribution is -2.47. The molecule has 0 aliphatic carbocycles. The Morgan fingerprint density at radius 1 is 1.19 bits per heavy atom. The lowest BCUT2D eigenvalue weighted by atomic mass is 10.2. The Morgan fingerprint density at radius 2 is 1.96 bits per heavy atom. The zero-order chi connectivity index (χ0) is 19.2. The number of ether oxygens (including phenoxy) is 1. The number of hydrogen-bond donors (Lipinski definition) is 2. The van der Waals surface area contributed by atoms with Gasteiger partial charge in [-0.3, -0.25) is 4.90 Å². The second-order valence-electron chi connectivity index (χ2n) is 6.87. The number of halogens is 1. The average Bonchev–Trinajstić information content (AvgIpc) is 2.68. The summed E-state index contributed by atoms with van der Waals surface area (Å²) in [5, 5.41) is 8.13. The molecule has 0 saturated carbocycles. The Bertz CT molecular complexity index is 788. The van der Waals surface area contributed by atoms with Gasteiger partial charge in [0.2, 0.25) is 0 Å². The zero-order valence-corrected chi connectivity index (χ0v) is 16.5. The SMILES string of the molecule is Cc1cccc(N2CCN(CCCOc3ccc(C=N)c(N)c3)CC2)c1Cl. The monoisotopic (exact) mass is 386 g/mol. The van der Waals surface area contributed by atoms with Crippen molar-refractivity contribution in [3.05, 3.63) is 52.5 Å². The van der Waals surface area contributed by atoms with Crippen LogP contribution in [0, 0.1) is 12.3 Å². The molecule has 27 heavy (non-hydrogen) atoms. The summed E-state index contributed by atoms with van der Waals surface area (Å²) in [6.45, 7) is 7.78. The molecule has 0 spiro atoms. The lowest BCUT2D eigenvalue weighted by Gasteiger charge is -2.36. The van der Waals surface area contributed by atoms with Gasteiger partial charge in [-0.1, -0.05) is 23.7 Å². The summed E-state index contributed by atoms with van der Waals surface area (Å²) in [5.74, 6) is 0.761. The van der Waals surface area contributed by atoms with Crippen molar-refractivity contribution in [2.24, 2.45) is 0 Å². The van der Waals surface area contributed by atoms with Crippen molar-refractivity contribution in [2.45, 2.75) is 13.3 Å². The number of nitrogens with zero attached hydrogens (tertiary/aromatic N) is 2. The number of nitrogens with two attached hydrogens (primary N) is 1. The maximum atomic E-state index is 7.27. The van der Waals surface area contributed by atoms with Gasteiger partial charge in [0.25, 0.3) is 0 Å². The second-order valence-corrected chi connectivity index (χ2v) is 7.25. The molecule has 1 fully saturated rings. The van der Waals surface area contributed by atoms with Crippen molar-refractivity contribution in [3.8, 4) is 5.75 Å². The third-order valence-corrected chi connectivity index (χ3v) is 5.48. The van der Waals surface area contributed by atoms with Crippen molar-refractivity contribution in [3.63, 3.8) is 0 Å². The summed E-state index contributed by atoms with van der Waals surface area (Å²) in [6, 6.07) is 11.7. The van der Waals surface area contributed by atoms with Crippen LogP contribution in [0.5, 0.6) is 5.75 Å². The van der Waals surface area contributed by atoms with Gasteiger partial charge in [-0.05, 0) is 37.1 Å². The fourth-order valence-electron chi connectivity index (χ4n) is 3.34. The molecule has 0 atom stereocenters. The number of aryl methyl sites for hydroxylation is 1. The average molecular weight is 387 g/mol. The van der Waals surface area contributed by atoms with Crippen LogP contribution in [-0.4, -0.2) is 50.4 Å². The number of hydrogen-bond acceptors (Lipinski definition) is 5. The van der Waals surface area contributed by atoms with Gasteiger partial charge in [0.05, 0.1) is 17.3 Å². The van der Waals surface area contributed by atoms with Crippen LogP contribution < -0.4 is 15.4 Å². The maximum absolute atomic E-state index is 7.27. The molecule has 144 valence electrons. The lowest BCUT2D eigenvalue weighted by molar-refractivity contribution is 0.225. The highest BCUT2D eigenvalue weighted by Gasteiger charge is 2.19. The number of benzene rings is 2. The van der Waals surface area contributed by atoms with E-state index in [0.29, 0.717) is 17.9 Å². The van der Waals surface area contributed by atoms with Crippen LogP contribution >= 0.6 is 11.6 Å². The number of anilines is 2. The summed E-state index contributed by atoms with van der Waals surface area (Å²) in [5.41, 5.74) is 9.45. The summed E-state index contributed by atoms with van der Waals surface area (Å²) < 4.78 is 5.79. The molecule has 2 aromatic carbocycles. The summed E-state index contributed by atoms with van der Waals surface area (Å²) in [7, 11) is 0. The first-order chi connectivity index (χ1) is 13.1. The number of rotatable bonds is 7. The van der Waals surface area contributed by atoms with E-state index in [-0.39, 0.29) is 0 Å². The van der Waals surface area contributed by atoms with E-state index < -0.39 is 0 Å². The van der Waals surface area contributed by atoms with Crippen molar-refractivity contribution in [1.29, 1.82) is 5.41 Å². The summed E-state index contributed by atoms with van der Waals surface area (Å²) in [6.07, 6.45) is 2.22. The Hall–Kier alpha value is -2.24. The molecule has 2 aromatic rings. The van der Waals surface area contributed by atoms with Gasteiger partial charge < -0.3 is 20.8 Å². The van der Waals surface area contributed by atoms with Gasteiger partial charge >= 0.3 is 0 Å². The minimum atomic E-state index is 0.577. The van der Waals surface area contributed by atoms with E-state index in [1.807, 2.05) is 12.1 Å². The predicted molar refractivity (Wildman–Crippen MR) is 114 cm³/mol. The molecule has 0 radical (unpaired) electrons. The van der Waals surface area contributed by atoms with Crippen molar-refractivity contribution < 1.29 is 4.74 Å². The molecule has 0 aromatic heterocycles. The summed E-state index contributed by atoms with van der Waals surface area (Å²) >= 11 is 6.46. The number of nitrogens with one attached hydrogen (secondary N) is 1. The first-order valence-electron chi connectivity index (χ1n) is 9.33. The minimum absolute atomic E-state index is 0.577. The van der Waals surface area contributed by atoms with Gasteiger partial charge in [-0.25, -0.2) is 0 Å². The van der Waals surface area contributed by atoms with Gasteiger partial charge in [-0.15, -0.1) is 0 Å². The first-order valence-corrected chi connectivity index (χ1v) is 9.71. The minimum Gasteiger partial charge on any atom is -0.493 e. The van der Waals surface area contributed by atoms with Crippen LogP contribution in [0.2, 0.25) is 5.02 Å². The van der Waals surface area contributed by atoms with E-state index in [1.54, 1.807) is 6.07 Å². The topological polar surface area (TPSA) is 65.6 Å². The standard InChI is InChI=1S/C21H27ClN4O/c1-16-4-2-5-20(21(16)22)26-11-9-25(10-12-26)8-3-13-27-18-7-6-17(15-23)19(24)14-18/h2,4-7,14-15,23H,3,8-13,24H2,1H3. The first kappa shape index (κ1) is 19.5. The normalized spacial score (nSPS) is 15.0. The molecule has 1 heterocycles. The van der Waals surface area contributed by atoms with Gasteiger partial charge in [0.1, 0.15) is 5.75 Å². The van der Waals surface area contributed by atoms with Crippen molar-refractivity contribution in [2.75, 3.05) is 50.0 Å². The molecule has 1 aliphatic rings. The van der Waals surface area contributed by atoms with Gasteiger partial charge in [0.15, 0.2) is 0 Å². The molecular weight excluding hydrogens is 360 g/mol. The molecule has 0 amide bonds. The smallest absolute Gasteiger partial charge is 0.121 e. The highest BCUT2D eigenvalue weighted by atomic mass is 35.5. The van der Waals surface area contributed by atoms with Gasteiger partial charge in [-0.2, -0.15) is 0 Å². The number of piperazine rings is 1. The quantitative estimate of drug-likeness (QED) is 0.431. The van der Waals surface area contributed by atoms with Crippen molar-refractivity contribution in [1.82, 2.24) is 4.90 Å². The highest BCUT2D eigenvalue weighted by molar-refractivity contribution is 6.34. The van der Waals surface area contributed by atoms with E-state index in [2.05, 4.69) is 34.9 Å². The Balaban J connectivity index is 1.40. The Labute approximate surface area is 166 Å². The maximum Gasteiger partial charge on any atom is 0.121 e. The fourth-order valence-corrected chi connectivity index (χ4v) is 3.59. The van der Waals surface area contributed by atoms with Crippen LogP contribution in [0.3, 0.4) is 0 Å². The van der Waals surface area contributed by atoms with Crippen LogP contribution in [0.15, 0.2) is 36.4 Å². The third-order valence-electron chi connectivity index (χ3n) is 4.99. The molecule has 1 saturated heterocycles. The largest absolute Gasteiger partial charge is 0.493 e. The highest BCUT2D eigenvalue weighted by Crippen LogP contribution is 2.29. The molecule has 5 nitrogen and oxygen atoms in total. The van der Waals surface area contributed by atoms with Crippen molar-refractivity contribution >= 4 is 29.2 Å². The molecule has 1 aliphatic heterocycles. The predicted octanol–water partition coefficient (Wildman–Crippen LogP) is 3.82. The molecular formula is C21H27ClN4O. The van der Waals surface area contributed by atoms with Crippen LogP contribution in [0.1, 0.15) is 17.5 Å². The van der Waals surface area contributed by atoms with E-state index in [1.165, 1.54) is 6.21 Å². The summed E-state index contributed by atoms with van der Waals surface area (Å²) in [4.78, 5) is 4.84. The van der Waals surface area contributed by atoms with E-state index >= 15 is 0 Å². The molecule has 6 heteroatoms. The Kier molecular flexibility index (Phi) is 6.58. The van der Waals surface area contributed by atoms with Crippen LogP contribution in [0.4, 0.5) is 11.4 Å². The molecule has 3 N–H and O–H groups in total. The van der Waals surface area contributed by atoms with Crippen LogP contribution in [-0.2, 0) is 0 Å². The van der Waals surface area contributed by atoms with E-state index in [4.69, 9.17) is 27.5 Å². The molecule has 0 bridgehead atoms. The molecule has 3 rings (SSSR count). The second kappa shape index (κ2) is 9.11.